The molecular weight excluding hydrogens is 363 g/mol. The van der Waals surface area contributed by atoms with Crippen molar-refractivity contribution in [1.29, 1.82) is 0 Å². The molecule has 2 aromatic rings. The first-order valence-electron chi connectivity index (χ1n) is 9.15. The summed E-state index contributed by atoms with van der Waals surface area (Å²) in [5, 5.41) is 0.522. The van der Waals surface area contributed by atoms with Crippen LogP contribution in [0.25, 0.3) is 0 Å². The molecular formula is C20H21FN4OS. The van der Waals surface area contributed by atoms with Crippen LogP contribution in [0.5, 0.6) is 0 Å². The molecule has 4 rings (SSSR count). The number of benzene rings is 1. The minimum atomic E-state index is -0.608. The number of hydrogen-bond acceptors (Lipinski definition) is 6. The fourth-order valence-electron chi connectivity index (χ4n) is 4.16. The number of Topliss-reactive ketones (excluding diaryl/α,β-unsaturated/α-hetero) is 1. The van der Waals surface area contributed by atoms with Gasteiger partial charge in [-0.05, 0) is 36.5 Å². The Morgan fingerprint density at radius 2 is 2.22 bits per heavy atom. The first kappa shape index (κ1) is 18.1. The van der Waals surface area contributed by atoms with Crippen molar-refractivity contribution in [3.05, 3.63) is 59.4 Å². The molecule has 27 heavy (non-hydrogen) atoms. The van der Waals surface area contributed by atoms with Gasteiger partial charge in [-0.3, -0.25) is 14.8 Å². The van der Waals surface area contributed by atoms with Crippen molar-refractivity contribution in [2.24, 2.45) is 16.6 Å². The summed E-state index contributed by atoms with van der Waals surface area (Å²) in [7, 11) is 0. The first-order valence-corrected chi connectivity index (χ1v) is 10.1. The van der Waals surface area contributed by atoms with Crippen LogP contribution in [0.4, 0.5) is 4.39 Å². The summed E-state index contributed by atoms with van der Waals surface area (Å²) >= 11 is 1.55. The van der Waals surface area contributed by atoms with E-state index < -0.39 is 5.54 Å². The quantitative estimate of drug-likeness (QED) is 0.816. The molecule has 0 spiro atoms. The normalized spacial score (nSPS) is 24.8. The van der Waals surface area contributed by atoms with Crippen molar-refractivity contribution < 1.29 is 9.18 Å². The Labute approximate surface area is 161 Å². The average molecular weight is 384 g/mol. The van der Waals surface area contributed by atoms with E-state index in [1.807, 2.05) is 0 Å². The van der Waals surface area contributed by atoms with Gasteiger partial charge in [-0.2, -0.15) is 0 Å². The van der Waals surface area contributed by atoms with Crippen LogP contribution in [-0.2, 0) is 12.0 Å². The van der Waals surface area contributed by atoms with Gasteiger partial charge in [0.15, 0.2) is 11.0 Å². The highest BCUT2D eigenvalue weighted by Gasteiger charge is 2.46. The number of aliphatic imine (C=N–C) groups is 1. The minimum Gasteiger partial charge on any atom is -0.379 e. The third-order valence-electron chi connectivity index (χ3n) is 5.49. The van der Waals surface area contributed by atoms with Crippen LogP contribution in [-0.4, -0.2) is 26.7 Å². The lowest BCUT2D eigenvalue weighted by Crippen LogP contribution is -2.43. The van der Waals surface area contributed by atoms with Gasteiger partial charge in [0, 0.05) is 30.1 Å². The molecule has 1 fully saturated rings. The number of thioether (sulfide) groups is 1. The number of amidine groups is 1. The maximum Gasteiger partial charge on any atom is 0.187 e. The molecule has 7 heteroatoms. The van der Waals surface area contributed by atoms with Crippen LogP contribution in [0.3, 0.4) is 0 Å². The molecule has 1 aromatic heterocycles. The van der Waals surface area contributed by atoms with E-state index in [0.29, 0.717) is 16.4 Å². The number of carbonyl (C=O) groups is 1. The van der Waals surface area contributed by atoms with Gasteiger partial charge in [-0.1, -0.05) is 30.7 Å². The largest absolute Gasteiger partial charge is 0.379 e. The zero-order valence-corrected chi connectivity index (χ0v) is 15.7. The summed E-state index contributed by atoms with van der Waals surface area (Å²) in [5.74, 6) is 0.711. The molecule has 1 aliphatic carbocycles. The van der Waals surface area contributed by atoms with Crippen LogP contribution in [0.1, 0.15) is 47.3 Å². The van der Waals surface area contributed by atoms with Gasteiger partial charge in [0.2, 0.25) is 0 Å². The Bertz CT molecular complexity index is 889. The van der Waals surface area contributed by atoms with E-state index in [-0.39, 0.29) is 23.9 Å². The summed E-state index contributed by atoms with van der Waals surface area (Å²) in [5.41, 5.74) is 7.06. The standard InChI is InChI=1S/C20H21FN4OS/c21-16-5-4-13(10-18(26)17-11-23-7-8-24-17)9-15(16)20-6-2-1-3-14(20)12-27-19(22)25-20/h4-5,7-9,11,14H,1-3,6,10,12H2,(H2,22,25)/t14-,20-/m0/s1. The molecule has 5 nitrogen and oxygen atoms in total. The summed E-state index contributed by atoms with van der Waals surface area (Å²) in [6, 6.07) is 4.91. The Morgan fingerprint density at radius 3 is 3.04 bits per heavy atom. The maximum absolute atomic E-state index is 14.9. The molecule has 1 aliphatic heterocycles. The van der Waals surface area contributed by atoms with Crippen molar-refractivity contribution in [2.75, 3.05) is 5.75 Å². The Balaban J connectivity index is 1.70. The van der Waals surface area contributed by atoms with Crippen molar-refractivity contribution in [2.45, 2.75) is 37.6 Å². The fraction of sp³-hybridized carbons (Fsp3) is 0.400. The highest BCUT2D eigenvalue weighted by Crippen LogP contribution is 2.49. The predicted octanol–water partition coefficient (Wildman–Crippen LogP) is 3.49. The molecule has 1 saturated carbocycles. The molecule has 2 atom stereocenters. The first-order chi connectivity index (χ1) is 13.1. The zero-order chi connectivity index (χ0) is 18.9. The van der Waals surface area contributed by atoms with Crippen LogP contribution in [0.2, 0.25) is 0 Å². The predicted molar refractivity (Wildman–Crippen MR) is 104 cm³/mol. The number of halogens is 1. The molecule has 2 heterocycles. The second-order valence-electron chi connectivity index (χ2n) is 7.13. The third kappa shape index (κ3) is 3.48. The molecule has 0 unspecified atom stereocenters. The van der Waals surface area contributed by atoms with E-state index in [1.165, 1.54) is 24.7 Å². The number of rotatable bonds is 4. The highest BCUT2D eigenvalue weighted by molar-refractivity contribution is 8.13. The Kier molecular flexibility index (Phi) is 4.95. The second-order valence-corrected chi connectivity index (χ2v) is 8.17. The van der Waals surface area contributed by atoms with E-state index >= 15 is 0 Å². The smallest absolute Gasteiger partial charge is 0.187 e. The molecule has 140 valence electrons. The lowest BCUT2D eigenvalue weighted by molar-refractivity contribution is 0.0987. The lowest BCUT2D eigenvalue weighted by atomic mass is 9.69. The summed E-state index contributed by atoms with van der Waals surface area (Å²) in [6.07, 6.45) is 8.57. The summed E-state index contributed by atoms with van der Waals surface area (Å²) in [6.45, 7) is 0. The van der Waals surface area contributed by atoms with E-state index in [1.54, 1.807) is 23.9 Å². The van der Waals surface area contributed by atoms with Gasteiger partial charge in [0.05, 0.1) is 11.7 Å². The number of nitrogens with zero attached hydrogens (tertiary/aromatic N) is 3. The Morgan fingerprint density at radius 1 is 1.33 bits per heavy atom. The minimum absolute atomic E-state index is 0.138. The monoisotopic (exact) mass is 384 g/mol. The van der Waals surface area contributed by atoms with Crippen molar-refractivity contribution in [1.82, 2.24) is 9.97 Å². The van der Waals surface area contributed by atoms with Crippen molar-refractivity contribution in [3.8, 4) is 0 Å². The van der Waals surface area contributed by atoms with Gasteiger partial charge in [-0.25, -0.2) is 9.37 Å². The summed E-state index contributed by atoms with van der Waals surface area (Å²) < 4.78 is 14.9. The van der Waals surface area contributed by atoms with E-state index in [4.69, 9.17) is 10.7 Å². The number of fused-ring (bicyclic) bond motifs is 1. The van der Waals surface area contributed by atoms with Crippen LogP contribution in [0, 0.1) is 11.7 Å². The van der Waals surface area contributed by atoms with Crippen LogP contribution >= 0.6 is 11.8 Å². The van der Waals surface area contributed by atoms with Gasteiger partial charge in [0.1, 0.15) is 11.5 Å². The number of nitrogens with two attached hydrogens (primary N) is 1. The van der Waals surface area contributed by atoms with Crippen molar-refractivity contribution >= 4 is 22.7 Å². The van der Waals surface area contributed by atoms with E-state index in [9.17, 15) is 9.18 Å². The Hall–Kier alpha value is -2.28. The number of ketones is 1. The molecule has 2 aliphatic rings. The molecule has 1 aromatic carbocycles. The summed E-state index contributed by atoms with van der Waals surface area (Å²) in [4.78, 5) is 25.2. The number of hydrogen-bond donors (Lipinski definition) is 1. The second kappa shape index (κ2) is 7.38. The SMILES string of the molecule is NC1=N[C@@]2(c3cc(CC(=O)c4cnccn4)ccc3F)CCCC[C@H]2CS1. The van der Waals surface area contributed by atoms with Crippen LogP contribution < -0.4 is 5.73 Å². The van der Waals surface area contributed by atoms with Crippen LogP contribution in [0.15, 0.2) is 41.8 Å². The van der Waals surface area contributed by atoms with Gasteiger partial charge in [0.25, 0.3) is 0 Å². The van der Waals surface area contributed by atoms with Gasteiger partial charge < -0.3 is 5.73 Å². The van der Waals surface area contributed by atoms with E-state index in [0.717, 1.165) is 37.0 Å². The molecule has 0 saturated heterocycles. The van der Waals surface area contributed by atoms with Gasteiger partial charge >= 0.3 is 0 Å². The maximum atomic E-state index is 14.9. The molecule has 2 N–H and O–H groups in total. The highest BCUT2D eigenvalue weighted by atomic mass is 32.2. The average Bonchev–Trinajstić information content (AvgIpc) is 2.69. The third-order valence-corrected chi connectivity index (χ3v) is 6.44. The number of carbonyl (C=O) groups excluding carboxylic acids is 1. The lowest BCUT2D eigenvalue weighted by Gasteiger charge is -2.44. The van der Waals surface area contributed by atoms with E-state index in [2.05, 4.69) is 9.97 Å². The van der Waals surface area contributed by atoms with Gasteiger partial charge in [-0.15, -0.1) is 0 Å². The topological polar surface area (TPSA) is 81.2 Å². The molecule has 0 radical (unpaired) electrons. The zero-order valence-electron chi connectivity index (χ0n) is 14.9. The fourth-order valence-corrected chi connectivity index (χ4v) is 5.20. The molecule has 0 amide bonds. The molecule has 0 bridgehead atoms. The number of aromatic nitrogens is 2. The van der Waals surface area contributed by atoms with Crippen molar-refractivity contribution in [3.63, 3.8) is 0 Å².